The van der Waals surface area contributed by atoms with Crippen LogP contribution in [0, 0.1) is 0 Å². The molecule has 0 fully saturated rings. The first kappa shape index (κ1) is 18.3. The number of halogens is 1. The normalized spacial score (nSPS) is 11.2. The van der Waals surface area contributed by atoms with Crippen LogP contribution in [0.15, 0.2) is 30.3 Å². The minimum Gasteiger partial charge on any atom is -0.508 e. The Bertz CT molecular complexity index is 765. The molecule has 2 amide bonds. The lowest BCUT2D eigenvalue weighted by Crippen LogP contribution is -2.40. The number of amides is 2. The number of hydrogen-bond acceptors (Lipinski definition) is 4. The number of thiophene rings is 1. The maximum Gasteiger partial charge on any atom is 0.261 e. The van der Waals surface area contributed by atoms with E-state index >= 15 is 0 Å². The van der Waals surface area contributed by atoms with E-state index in [0.717, 1.165) is 0 Å². The van der Waals surface area contributed by atoms with Gasteiger partial charge >= 0.3 is 0 Å². The number of aromatic hydroxyl groups is 1. The second kappa shape index (κ2) is 7.23. The van der Waals surface area contributed by atoms with E-state index in [1.807, 2.05) is 20.8 Å². The number of carbonyl (C=O) groups excluding carboxylic acids is 2. The quantitative estimate of drug-likeness (QED) is 0.769. The van der Waals surface area contributed by atoms with Crippen molar-refractivity contribution in [2.45, 2.75) is 32.7 Å². The van der Waals surface area contributed by atoms with Gasteiger partial charge in [0, 0.05) is 16.1 Å². The lowest BCUT2D eigenvalue weighted by Gasteiger charge is -2.19. The monoisotopic (exact) mass is 366 g/mol. The van der Waals surface area contributed by atoms with Crippen molar-refractivity contribution < 1.29 is 14.7 Å². The van der Waals surface area contributed by atoms with Crippen molar-refractivity contribution in [2.24, 2.45) is 0 Å². The molecule has 0 aliphatic rings. The smallest absolute Gasteiger partial charge is 0.261 e. The van der Waals surface area contributed by atoms with Gasteiger partial charge in [0.1, 0.15) is 5.75 Å². The standard InChI is InChI=1S/C17H19ClN2O3S/c1-17(2,3)20-16(23)13-6-7-15(24-13)19-14(22)9-10-8-11(18)4-5-12(10)21/h4-8,21H,9H2,1-3H3,(H,19,22)(H,20,23). The van der Waals surface area contributed by atoms with Crippen LogP contribution in [-0.2, 0) is 11.2 Å². The highest BCUT2D eigenvalue weighted by Gasteiger charge is 2.17. The second-order valence-corrected chi connectivity index (χ2v) is 7.89. The highest BCUT2D eigenvalue weighted by Crippen LogP contribution is 2.25. The summed E-state index contributed by atoms with van der Waals surface area (Å²) in [5.74, 6) is -0.455. The van der Waals surface area contributed by atoms with Crippen LogP contribution in [0.5, 0.6) is 5.75 Å². The van der Waals surface area contributed by atoms with Crippen LogP contribution < -0.4 is 10.6 Å². The van der Waals surface area contributed by atoms with Gasteiger partial charge in [-0.15, -0.1) is 11.3 Å². The minimum absolute atomic E-state index is 0.00614. The third kappa shape index (κ3) is 5.25. The van der Waals surface area contributed by atoms with Crippen molar-refractivity contribution in [1.82, 2.24) is 5.32 Å². The van der Waals surface area contributed by atoms with Crippen LogP contribution in [0.1, 0.15) is 36.0 Å². The summed E-state index contributed by atoms with van der Waals surface area (Å²) in [5, 5.41) is 16.4. The summed E-state index contributed by atoms with van der Waals surface area (Å²) >= 11 is 7.06. The van der Waals surface area contributed by atoms with Gasteiger partial charge in [-0.1, -0.05) is 11.6 Å². The molecule has 0 spiro atoms. The molecule has 0 aliphatic heterocycles. The summed E-state index contributed by atoms with van der Waals surface area (Å²) in [5.41, 5.74) is 0.122. The van der Waals surface area contributed by atoms with Gasteiger partial charge in [0.25, 0.3) is 5.91 Å². The van der Waals surface area contributed by atoms with E-state index in [-0.39, 0.29) is 29.5 Å². The van der Waals surface area contributed by atoms with Crippen molar-refractivity contribution in [1.29, 1.82) is 0 Å². The first-order valence-electron chi connectivity index (χ1n) is 7.33. The lowest BCUT2D eigenvalue weighted by molar-refractivity contribution is -0.115. The summed E-state index contributed by atoms with van der Waals surface area (Å²) in [6.07, 6.45) is -0.00614. The Morgan fingerprint density at radius 1 is 1.21 bits per heavy atom. The third-order valence-corrected chi connectivity index (χ3v) is 4.21. The average Bonchev–Trinajstić information content (AvgIpc) is 2.89. The predicted octanol–water partition coefficient (Wildman–Crippen LogP) is 3.82. The fourth-order valence-electron chi connectivity index (χ4n) is 1.98. The largest absolute Gasteiger partial charge is 0.508 e. The zero-order chi connectivity index (χ0) is 17.9. The van der Waals surface area contributed by atoms with E-state index in [2.05, 4.69) is 10.6 Å². The molecule has 1 heterocycles. The Kier molecular flexibility index (Phi) is 5.51. The summed E-state index contributed by atoms with van der Waals surface area (Å²) in [7, 11) is 0. The highest BCUT2D eigenvalue weighted by molar-refractivity contribution is 7.18. The van der Waals surface area contributed by atoms with E-state index < -0.39 is 0 Å². The summed E-state index contributed by atoms with van der Waals surface area (Å²) < 4.78 is 0. The lowest BCUT2D eigenvalue weighted by atomic mass is 10.1. The molecule has 0 atom stereocenters. The first-order chi connectivity index (χ1) is 11.1. The van der Waals surface area contributed by atoms with Gasteiger partial charge in [0.05, 0.1) is 16.3 Å². The molecule has 0 aliphatic carbocycles. The van der Waals surface area contributed by atoms with Crippen molar-refractivity contribution in [3.63, 3.8) is 0 Å². The second-order valence-electron chi connectivity index (χ2n) is 6.37. The van der Waals surface area contributed by atoms with Gasteiger partial charge in [-0.05, 0) is 51.1 Å². The Balaban J connectivity index is 2.00. The predicted molar refractivity (Wildman–Crippen MR) is 97.0 cm³/mol. The fraction of sp³-hybridized carbons (Fsp3) is 0.294. The third-order valence-electron chi connectivity index (χ3n) is 2.97. The Hall–Kier alpha value is -2.05. The molecule has 0 unspecified atom stereocenters. The van der Waals surface area contributed by atoms with Crippen LogP contribution >= 0.6 is 22.9 Å². The maximum atomic E-state index is 12.1. The molecule has 5 nitrogen and oxygen atoms in total. The number of rotatable bonds is 4. The molecule has 128 valence electrons. The van der Waals surface area contributed by atoms with E-state index in [4.69, 9.17) is 11.6 Å². The van der Waals surface area contributed by atoms with E-state index in [9.17, 15) is 14.7 Å². The molecule has 1 aromatic heterocycles. The zero-order valence-corrected chi connectivity index (χ0v) is 15.2. The molecule has 1 aromatic carbocycles. The molecule has 7 heteroatoms. The molecule has 0 saturated heterocycles. The number of nitrogens with one attached hydrogen (secondary N) is 2. The van der Waals surface area contributed by atoms with E-state index in [0.29, 0.717) is 20.5 Å². The van der Waals surface area contributed by atoms with Gasteiger partial charge in [-0.25, -0.2) is 0 Å². The number of phenolic OH excluding ortho intramolecular Hbond substituents is 1. The molecular weight excluding hydrogens is 348 g/mol. The first-order valence-corrected chi connectivity index (χ1v) is 8.53. The highest BCUT2D eigenvalue weighted by atomic mass is 35.5. The van der Waals surface area contributed by atoms with Gasteiger partial charge < -0.3 is 15.7 Å². The van der Waals surface area contributed by atoms with Gasteiger partial charge in [0.2, 0.25) is 5.91 Å². The molecular formula is C17H19ClN2O3S. The van der Waals surface area contributed by atoms with Crippen LogP contribution in [0.2, 0.25) is 5.02 Å². The fourth-order valence-corrected chi connectivity index (χ4v) is 2.99. The summed E-state index contributed by atoms with van der Waals surface area (Å²) in [4.78, 5) is 24.7. The molecule has 2 aromatic rings. The van der Waals surface area contributed by atoms with Crippen molar-refractivity contribution in [3.8, 4) is 5.75 Å². The van der Waals surface area contributed by atoms with Gasteiger partial charge in [-0.3, -0.25) is 9.59 Å². The van der Waals surface area contributed by atoms with E-state index in [1.54, 1.807) is 24.3 Å². The SMILES string of the molecule is CC(C)(C)NC(=O)c1ccc(NC(=O)Cc2cc(Cl)ccc2O)s1. The molecule has 24 heavy (non-hydrogen) atoms. The van der Waals surface area contributed by atoms with Gasteiger partial charge in [-0.2, -0.15) is 0 Å². The number of hydrogen-bond donors (Lipinski definition) is 3. The van der Waals surface area contributed by atoms with Crippen LogP contribution in [0.4, 0.5) is 5.00 Å². The summed E-state index contributed by atoms with van der Waals surface area (Å²) in [6, 6.07) is 7.89. The van der Waals surface area contributed by atoms with Crippen LogP contribution in [0.25, 0.3) is 0 Å². The maximum absolute atomic E-state index is 12.1. The van der Waals surface area contributed by atoms with Crippen LogP contribution in [0.3, 0.4) is 0 Å². The molecule has 0 radical (unpaired) electrons. The van der Waals surface area contributed by atoms with Crippen molar-refractivity contribution in [2.75, 3.05) is 5.32 Å². The topological polar surface area (TPSA) is 78.4 Å². The van der Waals surface area contributed by atoms with Crippen molar-refractivity contribution >= 4 is 39.8 Å². The molecule has 3 N–H and O–H groups in total. The number of phenols is 1. The van der Waals surface area contributed by atoms with Crippen molar-refractivity contribution in [3.05, 3.63) is 45.8 Å². The number of benzene rings is 1. The van der Waals surface area contributed by atoms with Gasteiger partial charge in [0.15, 0.2) is 0 Å². The summed E-state index contributed by atoms with van der Waals surface area (Å²) in [6.45, 7) is 5.70. The number of anilines is 1. The minimum atomic E-state index is -0.325. The van der Waals surface area contributed by atoms with E-state index in [1.165, 1.54) is 17.4 Å². The Morgan fingerprint density at radius 2 is 1.92 bits per heavy atom. The Morgan fingerprint density at radius 3 is 2.58 bits per heavy atom. The molecule has 2 rings (SSSR count). The number of carbonyl (C=O) groups is 2. The van der Waals surface area contributed by atoms with Crippen LogP contribution in [-0.4, -0.2) is 22.5 Å². The molecule has 0 bridgehead atoms. The zero-order valence-electron chi connectivity index (χ0n) is 13.6. The average molecular weight is 367 g/mol. The Labute approximate surface area is 149 Å². The molecule has 0 saturated carbocycles.